The van der Waals surface area contributed by atoms with Gasteiger partial charge in [0.05, 0.1) is 6.54 Å². The number of rotatable bonds is 1. The Morgan fingerprint density at radius 1 is 1.21 bits per heavy atom. The van der Waals surface area contributed by atoms with E-state index in [9.17, 15) is 9.59 Å². The second-order valence-corrected chi connectivity index (χ2v) is 3.71. The van der Waals surface area contributed by atoms with Gasteiger partial charge in [0.1, 0.15) is 6.04 Å². The fraction of sp³-hybridized carbons (Fsp3) is 0.778. The van der Waals surface area contributed by atoms with E-state index < -0.39 is 0 Å². The monoisotopic (exact) mass is 198 g/mol. The quantitative estimate of drug-likeness (QED) is 0.569. The molecule has 0 aliphatic carbocycles. The average Bonchev–Trinajstić information content (AvgIpc) is 2.23. The van der Waals surface area contributed by atoms with Crippen LogP contribution in [0.25, 0.3) is 0 Å². The van der Waals surface area contributed by atoms with Crippen molar-refractivity contribution in [3.63, 3.8) is 0 Å². The maximum atomic E-state index is 11.5. The highest BCUT2D eigenvalue weighted by Gasteiger charge is 2.33. The predicted octanol–water partition coefficient (Wildman–Crippen LogP) is -0.972. The highest BCUT2D eigenvalue weighted by molar-refractivity contribution is 5.94. The molecule has 2 N–H and O–H groups in total. The maximum absolute atomic E-state index is 11.5. The van der Waals surface area contributed by atoms with Crippen LogP contribution < -0.4 is 10.6 Å². The largest absolute Gasteiger partial charge is 0.381 e. The van der Waals surface area contributed by atoms with Gasteiger partial charge in [-0.15, -0.1) is 0 Å². The van der Waals surface area contributed by atoms with Crippen LogP contribution in [0.4, 0.5) is 0 Å². The Bertz CT molecular complexity index is 248. The van der Waals surface area contributed by atoms with Gasteiger partial charge in [-0.2, -0.15) is 0 Å². The third-order valence-corrected chi connectivity index (χ3v) is 2.76. The Hall–Kier alpha value is -1.10. The molecule has 14 heavy (non-hydrogen) atoms. The van der Waals surface area contributed by atoms with E-state index in [-0.39, 0.29) is 30.3 Å². The van der Waals surface area contributed by atoms with Crippen LogP contribution in [0.1, 0.15) is 12.8 Å². The van der Waals surface area contributed by atoms with Crippen molar-refractivity contribution in [2.75, 3.05) is 19.8 Å². The number of carbonyl (C=O) groups excluding carboxylic acids is 2. The van der Waals surface area contributed by atoms with E-state index >= 15 is 0 Å². The normalized spacial score (nSPS) is 29.6. The van der Waals surface area contributed by atoms with E-state index in [2.05, 4.69) is 10.6 Å². The van der Waals surface area contributed by atoms with Crippen LogP contribution in [0.2, 0.25) is 0 Å². The van der Waals surface area contributed by atoms with E-state index in [4.69, 9.17) is 4.74 Å². The number of nitrogens with one attached hydrogen (secondary N) is 2. The molecule has 0 bridgehead atoms. The van der Waals surface area contributed by atoms with Crippen molar-refractivity contribution in [3.05, 3.63) is 0 Å². The molecule has 0 unspecified atom stereocenters. The Labute approximate surface area is 82.2 Å². The van der Waals surface area contributed by atoms with Crippen LogP contribution >= 0.6 is 0 Å². The van der Waals surface area contributed by atoms with Gasteiger partial charge < -0.3 is 15.4 Å². The lowest BCUT2D eigenvalue weighted by atomic mass is 9.90. The molecule has 0 spiro atoms. The van der Waals surface area contributed by atoms with E-state index in [1.165, 1.54) is 0 Å². The fourth-order valence-electron chi connectivity index (χ4n) is 1.95. The molecule has 0 saturated carbocycles. The number of hydrogen-bond acceptors (Lipinski definition) is 3. The first-order valence-corrected chi connectivity index (χ1v) is 4.92. The van der Waals surface area contributed by atoms with Crippen LogP contribution in [0.15, 0.2) is 0 Å². The van der Waals surface area contributed by atoms with Gasteiger partial charge in [-0.3, -0.25) is 9.59 Å². The standard InChI is InChI=1S/C9H14N2O3/c12-7-5-10-9(13)8(11-7)6-1-3-14-4-2-6/h6,8H,1-5H2,(H,10,13)(H,11,12)/t8-/m1/s1. The minimum absolute atomic E-state index is 0.0588. The van der Waals surface area contributed by atoms with Crippen molar-refractivity contribution in [3.8, 4) is 0 Å². The van der Waals surface area contributed by atoms with Crippen molar-refractivity contribution < 1.29 is 14.3 Å². The van der Waals surface area contributed by atoms with Gasteiger partial charge in [0, 0.05) is 13.2 Å². The van der Waals surface area contributed by atoms with Gasteiger partial charge in [0.15, 0.2) is 0 Å². The Morgan fingerprint density at radius 3 is 2.64 bits per heavy atom. The van der Waals surface area contributed by atoms with Crippen molar-refractivity contribution in [1.82, 2.24) is 10.6 Å². The van der Waals surface area contributed by atoms with Crippen LogP contribution in [0, 0.1) is 5.92 Å². The first-order chi connectivity index (χ1) is 6.77. The summed E-state index contributed by atoms with van der Waals surface area (Å²) in [7, 11) is 0. The van der Waals surface area contributed by atoms with Gasteiger partial charge in [0.25, 0.3) is 0 Å². The number of amides is 2. The van der Waals surface area contributed by atoms with Gasteiger partial charge in [-0.05, 0) is 18.8 Å². The summed E-state index contributed by atoms with van der Waals surface area (Å²) >= 11 is 0. The molecular formula is C9H14N2O3. The molecule has 2 fully saturated rings. The Morgan fingerprint density at radius 2 is 1.93 bits per heavy atom. The molecule has 0 radical (unpaired) electrons. The second-order valence-electron chi connectivity index (χ2n) is 3.71. The van der Waals surface area contributed by atoms with Crippen molar-refractivity contribution in [2.24, 2.45) is 5.92 Å². The fourth-order valence-corrected chi connectivity index (χ4v) is 1.95. The summed E-state index contributed by atoms with van der Waals surface area (Å²) < 4.78 is 5.21. The first-order valence-electron chi connectivity index (χ1n) is 4.92. The van der Waals surface area contributed by atoms with Crippen molar-refractivity contribution >= 4 is 11.8 Å². The summed E-state index contributed by atoms with van der Waals surface area (Å²) in [6.45, 7) is 1.48. The molecule has 2 heterocycles. The first kappa shape index (κ1) is 9.45. The number of piperazine rings is 1. The lowest BCUT2D eigenvalue weighted by Gasteiger charge is -2.32. The topological polar surface area (TPSA) is 67.4 Å². The smallest absolute Gasteiger partial charge is 0.243 e. The molecule has 2 rings (SSSR count). The van der Waals surface area contributed by atoms with Crippen LogP contribution in [-0.4, -0.2) is 37.6 Å². The summed E-state index contributed by atoms with van der Waals surface area (Å²) in [6, 6.07) is -0.347. The Kier molecular flexibility index (Phi) is 2.67. The molecule has 2 saturated heterocycles. The third kappa shape index (κ3) is 1.87. The molecule has 1 atom stereocenters. The molecule has 0 aromatic heterocycles. The SMILES string of the molecule is O=C1CNC(=O)[C@@H](C2CCOCC2)N1. The zero-order chi connectivity index (χ0) is 9.97. The van der Waals surface area contributed by atoms with Gasteiger partial charge >= 0.3 is 0 Å². The van der Waals surface area contributed by atoms with Gasteiger partial charge in [-0.25, -0.2) is 0 Å². The molecule has 2 amide bonds. The minimum Gasteiger partial charge on any atom is -0.381 e. The zero-order valence-electron chi connectivity index (χ0n) is 7.91. The van der Waals surface area contributed by atoms with E-state index in [0.29, 0.717) is 13.2 Å². The average molecular weight is 198 g/mol. The molecule has 78 valence electrons. The predicted molar refractivity (Wildman–Crippen MR) is 48.5 cm³/mol. The molecule has 0 aromatic rings. The van der Waals surface area contributed by atoms with Crippen LogP contribution in [0.3, 0.4) is 0 Å². The summed E-state index contributed by atoms with van der Waals surface area (Å²) in [6.07, 6.45) is 1.69. The lowest BCUT2D eigenvalue weighted by molar-refractivity contribution is -0.136. The lowest BCUT2D eigenvalue weighted by Crippen LogP contribution is -2.59. The van der Waals surface area contributed by atoms with Crippen LogP contribution in [-0.2, 0) is 14.3 Å². The van der Waals surface area contributed by atoms with E-state index in [0.717, 1.165) is 12.8 Å². The summed E-state index contributed by atoms with van der Waals surface area (Å²) in [5, 5.41) is 5.32. The number of hydrogen-bond donors (Lipinski definition) is 2. The number of carbonyl (C=O) groups is 2. The van der Waals surface area contributed by atoms with Crippen LogP contribution in [0.5, 0.6) is 0 Å². The zero-order valence-corrected chi connectivity index (χ0v) is 7.91. The summed E-state index contributed by atoms with van der Waals surface area (Å²) in [4.78, 5) is 22.6. The molecule has 2 aliphatic rings. The van der Waals surface area contributed by atoms with Gasteiger partial charge in [-0.1, -0.05) is 0 Å². The second kappa shape index (κ2) is 3.96. The highest BCUT2D eigenvalue weighted by Crippen LogP contribution is 2.19. The molecule has 5 nitrogen and oxygen atoms in total. The van der Waals surface area contributed by atoms with E-state index in [1.807, 2.05) is 0 Å². The molecule has 5 heteroatoms. The molecular weight excluding hydrogens is 184 g/mol. The molecule has 0 aromatic carbocycles. The van der Waals surface area contributed by atoms with Gasteiger partial charge in [0.2, 0.25) is 11.8 Å². The molecule has 2 aliphatic heterocycles. The highest BCUT2D eigenvalue weighted by atomic mass is 16.5. The minimum atomic E-state index is -0.347. The number of ether oxygens (including phenoxy) is 1. The van der Waals surface area contributed by atoms with Crippen molar-refractivity contribution in [2.45, 2.75) is 18.9 Å². The summed E-state index contributed by atoms with van der Waals surface area (Å²) in [5.41, 5.74) is 0. The van der Waals surface area contributed by atoms with E-state index in [1.54, 1.807) is 0 Å². The third-order valence-electron chi connectivity index (χ3n) is 2.76. The Balaban J connectivity index is 1.99. The maximum Gasteiger partial charge on any atom is 0.243 e. The van der Waals surface area contributed by atoms with Crippen molar-refractivity contribution in [1.29, 1.82) is 0 Å². The summed E-state index contributed by atoms with van der Waals surface area (Å²) in [5.74, 6) is 0.0746.